The average molecular weight is 343 g/mol. The van der Waals surface area contributed by atoms with Crippen molar-refractivity contribution in [1.29, 1.82) is 0 Å². The smallest absolute Gasteiger partial charge is 0.252 e. The molecule has 0 radical (unpaired) electrons. The Morgan fingerprint density at radius 2 is 1.31 bits per heavy atom. The number of hydrogen-bond donors (Lipinski definition) is 0. The van der Waals surface area contributed by atoms with E-state index in [-0.39, 0.29) is 0 Å². The summed E-state index contributed by atoms with van der Waals surface area (Å²) in [6.45, 7) is 0. The first-order valence-corrected chi connectivity index (χ1v) is 6.18. The largest absolute Gasteiger partial charge is 0.276 e. The minimum Gasteiger partial charge on any atom is -0.276 e. The lowest BCUT2D eigenvalue weighted by molar-refractivity contribution is 0.108. The molecular formula is C13H8ClIO. The highest BCUT2D eigenvalue weighted by Gasteiger charge is 2.02. The third kappa shape index (κ3) is 2.62. The normalized spacial score (nSPS) is 10.1. The Morgan fingerprint density at radius 1 is 0.875 bits per heavy atom. The molecule has 0 aliphatic heterocycles. The highest BCUT2D eigenvalue weighted by Crippen LogP contribution is 2.21. The molecular weight excluding hydrogens is 334 g/mol. The Labute approximate surface area is 113 Å². The maximum Gasteiger partial charge on any atom is 0.252 e. The lowest BCUT2D eigenvalue weighted by Gasteiger charge is -2.02. The fraction of sp³-hybridized carbons (Fsp3) is 0. The van der Waals surface area contributed by atoms with Gasteiger partial charge in [-0.1, -0.05) is 24.3 Å². The van der Waals surface area contributed by atoms with E-state index in [1.54, 1.807) is 12.1 Å². The molecule has 0 aliphatic rings. The van der Waals surface area contributed by atoms with Crippen molar-refractivity contribution < 1.29 is 4.79 Å². The highest BCUT2D eigenvalue weighted by atomic mass is 127. The number of carbonyl (C=O) groups excluding carboxylic acids is 1. The molecule has 0 aliphatic carbocycles. The first kappa shape index (κ1) is 11.6. The minimum atomic E-state index is -0.422. The van der Waals surface area contributed by atoms with Crippen molar-refractivity contribution in [1.82, 2.24) is 0 Å². The van der Waals surface area contributed by atoms with Gasteiger partial charge in [-0.25, -0.2) is 0 Å². The quantitative estimate of drug-likeness (QED) is 0.586. The summed E-state index contributed by atoms with van der Waals surface area (Å²) in [6.07, 6.45) is 0. The number of hydrogen-bond acceptors (Lipinski definition) is 1. The summed E-state index contributed by atoms with van der Waals surface area (Å²) in [5.74, 6) is 0. The average Bonchev–Trinajstić information content (AvgIpc) is 2.30. The topological polar surface area (TPSA) is 17.1 Å². The predicted octanol–water partition coefficient (Wildman–Crippen LogP) is 4.34. The summed E-state index contributed by atoms with van der Waals surface area (Å²) in [7, 11) is 0. The van der Waals surface area contributed by atoms with Gasteiger partial charge in [0, 0.05) is 9.13 Å². The second kappa shape index (κ2) is 4.97. The Balaban J connectivity index is 2.34. The van der Waals surface area contributed by atoms with E-state index in [9.17, 15) is 4.79 Å². The molecule has 0 aromatic heterocycles. The first-order chi connectivity index (χ1) is 7.66. The Bertz CT molecular complexity index is 502. The first-order valence-electron chi connectivity index (χ1n) is 4.72. The van der Waals surface area contributed by atoms with E-state index in [0.29, 0.717) is 5.56 Å². The van der Waals surface area contributed by atoms with Crippen molar-refractivity contribution in [3.05, 3.63) is 57.7 Å². The molecule has 2 aromatic rings. The van der Waals surface area contributed by atoms with Crippen LogP contribution in [0.3, 0.4) is 0 Å². The summed E-state index contributed by atoms with van der Waals surface area (Å²) in [5, 5.41) is -0.422. The van der Waals surface area contributed by atoms with Gasteiger partial charge in [-0.3, -0.25) is 4.79 Å². The molecule has 0 bridgehead atoms. The standard InChI is InChI=1S/C13H8ClIO/c14-13(16)11-3-1-9(2-4-11)10-5-7-12(15)8-6-10/h1-8H. The van der Waals surface area contributed by atoms with Gasteiger partial charge in [0.05, 0.1) is 0 Å². The van der Waals surface area contributed by atoms with Crippen LogP contribution in [-0.4, -0.2) is 5.24 Å². The molecule has 3 heteroatoms. The van der Waals surface area contributed by atoms with Crippen molar-refractivity contribution >= 4 is 39.4 Å². The van der Waals surface area contributed by atoms with Crippen LogP contribution >= 0.6 is 34.2 Å². The van der Waals surface area contributed by atoms with Gasteiger partial charge in [0.1, 0.15) is 0 Å². The van der Waals surface area contributed by atoms with E-state index in [2.05, 4.69) is 46.9 Å². The number of carbonyl (C=O) groups is 1. The van der Waals surface area contributed by atoms with Crippen LogP contribution in [0.5, 0.6) is 0 Å². The van der Waals surface area contributed by atoms with Gasteiger partial charge in [-0.15, -0.1) is 0 Å². The fourth-order valence-electron chi connectivity index (χ4n) is 1.44. The molecule has 2 rings (SSSR count). The molecule has 0 N–H and O–H groups in total. The van der Waals surface area contributed by atoms with Crippen LogP contribution < -0.4 is 0 Å². The number of halogens is 2. The third-order valence-corrected chi connectivity index (χ3v) is 3.23. The molecule has 16 heavy (non-hydrogen) atoms. The van der Waals surface area contributed by atoms with Crippen LogP contribution in [0.4, 0.5) is 0 Å². The lowest BCUT2D eigenvalue weighted by atomic mass is 10.0. The second-order valence-corrected chi connectivity index (χ2v) is 4.95. The monoisotopic (exact) mass is 342 g/mol. The molecule has 0 saturated heterocycles. The summed E-state index contributed by atoms with van der Waals surface area (Å²) in [4.78, 5) is 10.9. The molecule has 0 heterocycles. The van der Waals surface area contributed by atoms with Gasteiger partial charge >= 0.3 is 0 Å². The highest BCUT2D eigenvalue weighted by molar-refractivity contribution is 14.1. The maximum absolute atomic E-state index is 10.9. The van der Waals surface area contributed by atoms with Crippen LogP contribution in [0.15, 0.2) is 48.5 Å². The van der Waals surface area contributed by atoms with Gasteiger partial charge in [0.2, 0.25) is 0 Å². The van der Waals surface area contributed by atoms with E-state index in [0.717, 1.165) is 11.1 Å². The van der Waals surface area contributed by atoms with Gasteiger partial charge in [-0.2, -0.15) is 0 Å². The van der Waals surface area contributed by atoms with Crippen molar-refractivity contribution in [3.63, 3.8) is 0 Å². The van der Waals surface area contributed by atoms with Crippen molar-refractivity contribution in [3.8, 4) is 11.1 Å². The van der Waals surface area contributed by atoms with E-state index >= 15 is 0 Å². The van der Waals surface area contributed by atoms with Crippen molar-refractivity contribution in [2.24, 2.45) is 0 Å². The molecule has 0 spiro atoms. The number of benzene rings is 2. The maximum atomic E-state index is 10.9. The molecule has 2 aromatic carbocycles. The zero-order valence-corrected chi connectivity index (χ0v) is 11.2. The zero-order valence-electron chi connectivity index (χ0n) is 8.28. The Morgan fingerprint density at radius 3 is 1.75 bits per heavy atom. The van der Waals surface area contributed by atoms with Gasteiger partial charge < -0.3 is 0 Å². The summed E-state index contributed by atoms with van der Waals surface area (Å²) >= 11 is 7.65. The second-order valence-electron chi connectivity index (χ2n) is 3.36. The summed E-state index contributed by atoms with van der Waals surface area (Å²) in [6, 6.07) is 15.5. The molecule has 0 saturated carbocycles. The lowest BCUT2D eigenvalue weighted by Crippen LogP contribution is -1.87. The SMILES string of the molecule is O=C(Cl)c1ccc(-c2ccc(I)cc2)cc1. The van der Waals surface area contributed by atoms with E-state index in [4.69, 9.17) is 11.6 Å². The fourth-order valence-corrected chi connectivity index (χ4v) is 1.92. The van der Waals surface area contributed by atoms with Crippen LogP contribution in [0.2, 0.25) is 0 Å². The third-order valence-electron chi connectivity index (χ3n) is 2.29. The molecule has 0 fully saturated rings. The van der Waals surface area contributed by atoms with Crippen LogP contribution in [0.1, 0.15) is 10.4 Å². The van der Waals surface area contributed by atoms with Gasteiger partial charge in [0.15, 0.2) is 0 Å². The van der Waals surface area contributed by atoms with Crippen molar-refractivity contribution in [2.75, 3.05) is 0 Å². The van der Waals surface area contributed by atoms with E-state index < -0.39 is 5.24 Å². The van der Waals surface area contributed by atoms with Crippen molar-refractivity contribution in [2.45, 2.75) is 0 Å². The molecule has 0 amide bonds. The number of rotatable bonds is 2. The molecule has 80 valence electrons. The molecule has 1 nitrogen and oxygen atoms in total. The van der Waals surface area contributed by atoms with Crippen LogP contribution in [0.25, 0.3) is 11.1 Å². The van der Waals surface area contributed by atoms with Crippen LogP contribution in [0, 0.1) is 3.57 Å². The predicted molar refractivity (Wildman–Crippen MR) is 74.8 cm³/mol. The Hall–Kier alpha value is -0.870. The minimum absolute atomic E-state index is 0.422. The summed E-state index contributed by atoms with van der Waals surface area (Å²) in [5.41, 5.74) is 2.74. The van der Waals surface area contributed by atoms with Gasteiger partial charge in [0.25, 0.3) is 5.24 Å². The van der Waals surface area contributed by atoms with Crippen LogP contribution in [-0.2, 0) is 0 Å². The van der Waals surface area contributed by atoms with E-state index in [1.807, 2.05) is 12.1 Å². The Kier molecular flexibility index (Phi) is 3.61. The molecule has 0 atom stereocenters. The molecule has 0 unspecified atom stereocenters. The van der Waals surface area contributed by atoms with Gasteiger partial charge in [-0.05, 0) is 69.6 Å². The zero-order chi connectivity index (χ0) is 11.5. The van der Waals surface area contributed by atoms with E-state index in [1.165, 1.54) is 3.57 Å². The summed E-state index contributed by atoms with van der Waals surface area (Å²) < 4.78 is 1.20.